The number of carbonyl (C=O) groups is 1. The van der Waals surface area contributed by atoms with Crippen LogP contribution in [0.5, 0.6) is 0 Å². The summed E-state index contributed by atoms with van der Waals surface area (Å²) in [4.78, 5) is 17.2. The van der Waals surface area contributed by atoms with Crippen LogP contribution >= 0.6 is 0 Å². The Kier molecular flexibility index (Phi) is 5.50. The highest BCUT2D eigenvalue weighted by Crippen LogP contribution is 2.33. The number of nitrogens with one attached hydrogen (secondary N) is 1. The molecule has 2 heterocycles. The van der Waals surface area contributed by atoms with Gasteiger partial charge < -0.3 is 14.4 Å². The number of fused-ring (bicyclic) bond motifs is 1. The van der Waals surface area contributed by atoms with Crippen molar-refractivity contribution in [3.63, 3.8) is 0 Å². The molecule has 3 aromatic carbocycles. The fraction of sp³-hybridized carbons (Fsp3) is 0.222. The predicted octanol–water partition coefficient (Wildman–Crippen LogP) is 3.57. The van der Waals surface area contributed by atoms with Crippen molar-refractivity contribution in [1.82, 2.24) is 4.57 Å². The van der Waals surface area contributed by atoms with E-state index in [0.29, 0.717) is 6.54 Å². The Hall–Kier alpha value is -3.44. The lowest BCUT2D eigenvalue weighted by Crippen LogP contribution is -3.15. The average Bonchev–Trinajstić information content (AvgIpc) is 3.13. The first-order valence-electron chi connectivity index (χ1n) is 11.1. The molecule has 5 rings (SSSR count). The summed E-state index contributed by atoms with van der Waals surface area (Å²) in [6.45, 7) is 3.96. The number of rotatable bonds is 5. The van der Waals surface area contributed by atoms with Crippen LogP contribution in [0.4, 0.5) is 10.1 Å². The molecule has 0 aliphatic carbocycles. The number of ketones is 1. The predicted molar refractivity (Wildman–Crippen MR) is 127 cm³/mol. The highest BCUT2D eigenvalue weighted by Gasteiger charge is 2.27. The van der Waals surface area contributed by atoms with Crippen LogP contribution in [0, 0.1) is 5.82 Å². The van der Waals surface area contributed by atoms with Gasteiger partial charge >= 0.3 is 0 Å². The number of aromatic nitrogens is 1. The van der Waals surface area contributed by atoms with Gasteiger partial charge in [-0.25, -0.2) is 4.39 Å². The first-order valence-corrected chi connectivity index (χ1v) is 11.1. The SMILES string of the molecule is Cn1c(-c2ccccc2)c(C(=O)C[NH+]2CCN(c3ccc(F)cc3)CC2)c2ccccc21. The second-order valence-electron chi connectivity index (χ2n) is 8.48. The van der Waals surface area contributed by atoms with Crippen molar-refractivity contribution in [1.29, 1.82) is 0 Å². The number of nitrogens with zero attached hydrogens (tertiary/aromatic N) is 2. The van der Waals surface area contributed by atoms with Crippen LogP contribution in [0.3, 0.4) is 0 Å². The standard InChI is InChI=1S/C27H26FN3O/c1-29-24-10-6-5-9-23(24)26(27(29)20-7-3-2-4-8-20)25(32)19-30-15-17-31(18-16-30)22-13-11-21(28)12-14-22/h2-14H,15-19H2,1H3/p+1. The van der Waals surface area contributed by atoms with Gasteiger partial charge in [0.2, 0.25) is 5.78 Å². The maximum absolute atomic E-state index is 13.6. The van der Waals surface area contributed by atoms with Crippen LogP contribution in [0.1, 0.15) is 10.4 Å². The Morgan fingerprint density at radius 1 is 0.906 bits per heavy atom. The number of quaternary nitrogens is 1. The number of piperazine rings is 1. The molecule has 0 radical (unpaired) electrons. The zero-order valence-electron chi connectivity index (χ0n) is 18.2. The number of carbonyl (C=O) groups excluding carboxylic acids is 1. The number of Topliss-reactive ketones (excluding diaryl/α,β-unsaturated/α-hetero) is 1. The molecule has 0 spiro atoms. The highest BCUT2D eigenvalue weighted by atomic mass is 19.1. The summed E-state index contributed by atoms with van der Waals surface area (Å²) in [6, 6.07) is 25.0. The van der Waals surface area contributed by atoms with Gasteiger partial charge in [-0.2, -0.15) is 0 Å². The Labute approximate surface area is 187 Å². The Bertz CT molecular complexity index is 1240. The number of para-hydroxylation sites is 1. The van der Waals surface area contributed by atoms with Gasteiger partial charge in [-0.15, -0.1) is 0 Å². The van der Waals surface area contributed by atoms with E-state index in [4.69, 9.17) is 0 Å². The molecule has 1 aromatic heterocycles. The van der Waals surface area contributed by atoms with Crippen molar-refractivity contribution >= 4 is 22.4 Å². The third-order valence-electron chi connectivity index (χ3n) is 6.51. The minimum Gasteiger partial charge on any atom is -0.360 e. The normalized spacial score (nSPS) is 14.8. The van der Waals surface area contributed by atoms with Gasteiger partial charge in [0.1, 0.15) is 12.4 Å². The van der Waals surface area contributed by atoms with Gasteiger partial charge in [-0.05, 0) is 35.9 Å². The van der Waals surface area contributed by atoms with Crippen LogP contribution in [0.15, 0.2) is 78.9 Å². The molecule has 0 bridgehead atoms. The molecule has 0 saturated carbocycles. The summed E-state index contributed by atoms with van der Waals surface area (Å²) in [5, 5.41) is 1.02. The zero-order chi connectivity index (χ0) is 22.1. The molecule has 4 nitrogen and oxygen atoms in total. The van der Waals surface area contributed by atoms with Crippen molar-refractivity contribution in [3.05, 3.63) is 90.2 Å². The fourth-order valence-corrected chi connectivity index (χ4v) is 4.83. The van der Waals surface area contributed by atoms with Crippen LogP contribution < -0.4 is 9.80 Å². The van der Waals surface area contributed by atoms with Crippen molar-refractivity contribution in [3.8, 4) is 11.3 Å². The zero-order valence-corrected chi connectivity index (χ0v) is 18.2. The molecular weight excluding hydrogens is 401 g/mol. The van der Waals surface area contributed by atoms with Crippen LogP contribution in [0.2, 0.25) is 0 Å². The minimum atomic E-state index is -0.215. The molecule has 162 valence electrons. The van der Waals surface area contributed by atoms with Crippen LogP contribution in [-0.4, -0.2) is 43.1 Å². The molecule has 0 amide bonds. The molecule has 4 aromatic rings. The first-order chi connectivity index (χ1) is 15.6. The highest BCUT2D eigenvalue weighted by molar-refractivity contribution is 6.14. The van der Waals surface area contributed by atoms with Crippen molar-refractivity contribution in [2.24, 2.45) is 7.05 Å². The van der Waals surface area contributed by atoms with E-state index in [0.717, 1.165) is 59.6 Å². The lowest BCUT2D eigenvalue weighted by atomic mass is 10.0. The second-order valence-corrected chi connectivity index (χ2v) is 8.48. The van der Waals surface area contributed by atoms with E-state index in [1.54, 1.807) is 0 Å². The summed E-state index contributed by atoms with van der Waals surface area (Å²) in [5.74, 6) is -0.0289. The van der Waals surface area contributed by atoms with E-state index < -0.39 is 0 Å². The summed E-state index contributed by atoms with van der Waals surface area (Å²) >= 11 is 0. The molecule has 0 unspecified atom stereocenters. The first kappa shape index (κ1) is 20.5. The molecule has 32 heavy (non-hydrogen) atoms. The van der Waals surface area contributed by atoms with Crippen LogP contribution in [-0.2, 0) is 7.05 Å². The van der Waals surface area contributed by atoms with E-state index in [1.165, 1.54) is 17.0 Å². The summed E-state index contributed by atoms with van der Waals surface area (Å²) in [5.41, 5.74) is 4.98. The number of hydrogen-bond acceptors (Lipinski definition) is 2. The van der Waals surface area contributed by atoms with Crippen molar-refractivity contribution in [2.45, 2.75) is 0 Å². The number of halogens is 1. The van der Waals surface area contributed by atoms with Gasteiger partial charge in [-0.3, -0.25) is 4.79 Å². The fourth-order valence-electron chi connectivity index (χ4n) is 4.83. The molecule has 1 saturated heterocycles. The largest absolute Gasteiger partial charge is 0.360 e. The number of benzene rings is 3. The molecule has 1 fully saturated rings. The Morgan fingerprint density at radius 3 is 2.28 bits per heavy atom. The van der Waals surface area contributed by atoms with Gasteiger partial charge in [0, 0.05) is 23.6 Å². The van der Waals surface area contributed by atoms with Gasteiger partial charge in [0.25, 0.3) is 0 Å². The molecule has 5 heteroatoms. The van der Waals surface area contributed by atoms with Gasteiger partial charge in [-0.1, -0.05) is 48.5 Å². The van der Waals surface area contributed by atoms with Crippen molar-refractivity contribution < 1.29 is 14.1 Å². The second kappa shape index (κ2) is 8.60. The van der Waals surface area contributed by atoms with E-state index in [-0.39, 0.29) is 11.6 Å². The average molecular weight is 429 g/mol. The molecular formula is C27H27FN3O+. The van der Waals surface area contributed by atoms with Gasteiger partial charge in [0.05, 0.1) is 37.4 Å². The molecule has 0 atom stereocenters. The number of hydrogen-bond donors (Lipinski definition) is 1. The van der Waals surface area contributed by atoms with Crippen molar-refractivity contribution in [2.75, 3.05) is 37.6 Å². The summed E-state index contributed by atoms with van der Waals surface area (Å²) in [7, 11) is 2.04. The summed E-state index contributed by atoms with van der Waals surface area (Å²) < 4.78 is 15.4. The monoisotopic (exact) mass is 428 g/mol. The smallest absolute Gasteiger partial charge is 0.219 e. The van der Waals surface area contributed by atoms with E-state index in [2.05, 4.69) is 33.7 Å². The Balaban J connectivity index is 1.38. The summed E-state index contributed by atoms with van der Waals surface area (Å²) in [6.07, 6.45) is 0. The topological polar surface area (TPSA) is 29.7 Å². The number of aryl methyl sites for hydroxylation is 1. The van der Waals surface area contributed by atoms with Crippen LogP contribution in [0.25, 0.3) is 22.2 Å². The maximum atomic E-state index is 13.6. The molecule has 1 aliphatic rings. The lowest BCUT2D eigenvalue weighted by molar-refractivity contribution is -0.892. The maximum Gasteiger partial charge on any atom is 0.219 e. The Morgan fingerprint density at radius 2 is 1.56 bits per heavy atom. The third kappa shape index (κ3) is 3.80. The molecule has 1 N–H and O–H groups in total. The minimum absolute atomic E-state index is 0.186. The quantitative estimate of drug-likeness (QED) is 0.493. The third-order valence-corrected chi connectivity index (χ3v) is 6.51. The van der Waals surface area contributed by atoms with E-state index >= 15 is 0 Å². The van der Waals surface area contributed by atoms with E-state index in [1.807, 2.05) is 49.5 Å². The number of anilines is 1. The van der Waals surface area contributed by atoms with Gasteiger partial charge in [0.15, 0.2) is 0 Å². The van der Waals surface area contributed by atoms with E-state index in [9.17, 15) is 9.18 Å². The lowest BCUT2D eigenvalue weighted by Gasteiger charge is -2.33. The molecule has 1 aliphatic heterocycles.